The zero-order valence-corrected chi connectivity index (χ0v) is 20.7. The molecule has 6 heteroatoms. The van der Waals surface area contributed by atoms with E-state index in [4.69, 9.17) is 4.98 Å². The number of benzene rings is 3. The van der Waals surface area contributed by atoms with Gasteiger partial charge in [-0.1, -0.05) is 80.6 Å². The van der Waals surface area contributed by atoms with Crippen LogP contribution in [0.15, 0.2) is 85.1 Å². The minimum Gasteiger partial charge on any atom is -0.508 e. The number of H-pyrrole nitrogens is 1. The summed E-state index contributed by atoms with van der Waals surface area (Å²) in [5.74, 6) is 1.07. The number of aromatic amines is 1. The second-order valence-corrected chi connectivity index (χ2v) is 9.75. The molecule has 1 amide bonds. The fourth-order valence-electron chi connectivity index (χ4n) is 4.96. The quantitative estimate of drug-likeness (QED) is 0.347. The van der Waals surface area contributed by atoms with Crippen molar-refractivity contribution in [1.82, 2.24) is 20.2 Å². The maximum absolute atomic E-state index is 14.1. The Morgan fingerprint density at radius 2 is 1.72 bits per heavy atom. The van der Waals surface area contributed by atoms with Gasteiger partial charge in [0, 0.05) is 19.0 Å². The average molecular weight is 481 g/mol. The van der Waals surface area contributed by atoms with Crippen LogP contribution in [0.2, 0.25) is 0 Å². The lowest BCUT2D eigenvalue weighted by Crippen LogP contribution is -2.52. The van der Waals surface area contributed by atoms with E-state index in [1.807, 2.05) is 47.5 Å². The van der Waals surface area contributed by atoms with Gasteiger partial charge in [-0.15, -0.1) is 0 Å². The van der Waals surface area contributed by atoms with Crippen molar-refractivity contribution in [3.8, 4) is 17.0 Å². The number of phenolic OH excluding ortho intramolecular Hbond substituents is 1. The van der Waals surface area contributed by atoms with Gasteiger partial charge in [0.05, 0.1) is 24.0 Å². The summed E-state index contributed by atoms with van der Waals surface area (Å²) in [4.78, 5) is 24.4. The highest BCUT2D eigenvalue weighted by Crippen LogP contribution is 2.34. The Balaban J connectivity index is 1.48. The van der Waals surface area contributed by atoms with Gasteiger partial charge in [0.1, 0.15) is 11.6 Å². The third kappa shape index (κ3) is 5.19. The molecule has 0 spiro atoms. The number of aromatic hydroxyl groups is 1. The van der Waals surface area contributed by atoms with Gasteiger partial charge in [-0.25, -0.2) is 4.98 Å². The van der Waals surface area contributed by atoms with Crippen LogP contribution in [0.5, 0.6) is 5.75 Å². The molecule has 5 rings (SSSR count). The first-order chi connectivity index (χ1) is 17.5. The van der Waals surface area contributed by atoms with Crippen molar-refractivity contribution in [2.24, 2.45) is 0 Å². The lowest BCUT2D eigenvalue weighted by atomic mass is 9.92. The van der Waals surface area contributed by atoms with E-state index in [9.17, 15) is 9.90 Å². The Labute approximate surface area is 212 Å². The molecule has 0 saturated heterocycles. The van der Waals surface area contributed by atoms with Crippen molar-refractivity contribution < 1.29 is 9.90 Å². The maximum Gasteiger partial charge on any atom is 0.240 e. The van der Waals surface area contributed by atoms with E-state index in [1.165, 1.54) is 11.1 Å². The normalized spacial score (nSPS) is 16.1. The monoisotopic (exact) mass is 480 g/mol. The molecule has 184 valence electrons. The largest absolute Gasteiger partial charge is 0.508 e. The van der Waals surface area contributed by atoms with E-state index >= 15 is 0 Å². The van der Waals surface area contributed by atoms with E-state index in [2.05, 4.69) is 54.5 Å². The Hall–Kier alpha value is -3.90. The fourth-order valence-corrected chi connectivity index (χ4v) is 4.96. The summed E-state index contributed by atoms with van der Waals surface area (Å²) in [6.07, 6.45) is 3.10. The number of phenols is 1. The molecule has 0 aliphatic carbocycles. The number of nitrogens with zero attached hydrogens (tertiary/aromatic N) is 2. The summed E-state index contributed by atoms with van der Waals surface area (Å²) >= 11 is 0. The highest BCUT2D eigenvalue weighted by Gasteiger charge is 2.36. The summed E-state index contributed by atoms with van der Waals surface area (Å²) < 4.78 is 0. The molecule has 2 atom stereocenters. The first-order valence-corrected chi connectivity index (χ1v) is 12.5. The van der Waals surface area contributed by atoms with Gasteiger partial charge in [-0.05, 0) is 40.8 Å². The topological polar surface area (TPSA) is 81.2 Å². The first kappa shape index (κ1) is 23.8. The molecule has 1 aliphatic heterocycles. The molecule has 4 aromatic rings. The van der Waals surface area contributed by atoms with Crippen LogP contribution in [-0.4, -0.2) is 38.0 Å². The molecule has 2 heterocycles. The number of carbonyl (C=O) groups excluding carboxylic acids is 1. The summed E-state index contributed by atoms with van der Waals surface area (Å²) in [5.41, 5.74) is 5.42. The zero-order chi connectivity index (χ0) is 25.1. The first-order valence-electron chi connectivity index (χ1n) is 12.5. The van der Waals surface area contributed by atoms with Gasteiger partial charge in [0.25, 0.3) is 0 Å². The van der Waals surface area contributed by atoms with Gasteiger partial charge in [0.15, 0.2) is 0 Å². The van der Waals surface area contributed by atoms with Crippen LogP contribution in [0, 0.1) is 0 Å². The highest BCUT2D eigenvalue weighted by molar-refractivity contribution is 5.83. The van der Waals surface area contributed by atoms with Crippen LogP contribution in [0.4, 0.5) is 0 Å². The number of imidazole rings is 1. The molecule has 3 N–H and O–H groups in total. The number of nitrogens with one attached hydrogen (secondary N) is 2. The van der Waals surface area contributed by atoms with Crippen LogP contribution in [-0.2, 0) is 24.2 Å². The molecular weight excluding hydrogens is 448 g/mol. The van der Waals surface area contributed by atoms with E-state index < -0.39 is 6.04 Å². The van der Waals surface area contributed by atoms with Crippen molar-refractivity contribution in [1.29, 1.82) is 0 Å². The number of hydrogen-bond acceptors (Lipinski definition) is 4. The molecule has 36 heavy (non-hydrogen) atoms. The van der Waals surface area contributed by atoms with Crippen LogP contribution in [0.3, 0.4) is 0 Å². The second-order valence-electron chi connectivity index (χ2n) is 9.75. The average Bonchev–Trinajstić information content (AvgIpc) is 3.39. The molecule has 6 nitrogen and oxygen atoms in total. The molecule has 0 fully saturated rings. The molecule has 0 unspecified atom stereocenters. The number of hydrogen-bond donors (Lipinski definition) is 3. The summed E-state index contributed by atoms with van der Waals surface area (Å²) in [6.45, 7) is 4.64. The number of fused-ring (bicyclic) bond motifs is 1. The Morgan fingerprint density at radius 1 is 1.03 bits per heavy atom. The number of carbonyl (C=O) groups is 1. The molecule has 1 aliphatic rings. The van der Waals surface area contributed by atoms with Crippen molar-refractivity contribution in [2.75, 3.05) is 0 Å². The fraction of sp³-hybridized carbons (Fsp3) is 0.267. The smallest absolute Gasteiger partial charge is 0.240 e. The van der Waals surface area contributed by atoms with Gasteiger partial charge in [-0.2, -0.15) is 0 Å². The molecular formula is C30H32N4O2. The third-order valence-electron chi connectivity index (χ3n) is 6.74. The zero-order valence-electron chi connectivity index (χ0n) is 20.7. The van der Waals surface area contributed by atoms with Crippen molar-refractivity contribution in [2.45, 2.75) is 51.4 Å². The lowest BCUT2D eigenvalue weighted by Gasteiger charge is -2.38. The van der Waals surface area contributed by atoms with Crippen molar-refractivity contribution in [3.05, 3.63) is 108 Å². The minimum absolute atomic E-state index is 0.0499. The Morgan fingerprint density at radius 3 is 2.44 bits per heavy atom. The van der Waals surface area contributed by atoms with Crippen molar-refractivity contribution >= 4 is 5.91 Å². The summed E-state index contributed by atoms with van der Waals surface area (Å²) in [6, 6.07) is 25.1. The second kappa shape index (κ2) is 10.4. The van der Waals surface area contributed by atoms with Crippen LogP contribution in [0.25, 0.3) is 11.3 Å². The van der Waals surface area contributed by atoms with E-state index in [-0.39, 0.29) is 23.7 Å². The Bertz CT molecular complexity index is 1310. The highest BCUT2D eigenvalue weighted by atomic mass is 16.3. The minimum atomic E-state index is -0.397. The number of rotatable bonds is 7. The Kier molecular flexibility index (Phi) is 6.87. The SMILES string of the molecule is CC(C)N[C@@H](Cc1ccc(O)cc1)C(=O)N1Cc2ccccc2C[C@H]1c1ncc(-c2ccccc2)[nH]1. The maximum atomic E-state index is 14.1. The standard InChI is InChI=1S/C30H32N4O2/c1-20(2)32-26(16-21-12-14-25(35)15-13-21)30(36)34-19-24-11-7-6-10-23(24)17-28(34)29-31-18-27(33-29)22-8-4-3-5-9-22/h3-15,18,20,26,28,32,35H,16-17,19H2,1-2H3,(H,31,33)/t26-,28-/m0/s1. The third-order valence-corrected chi connectivity index (χ3v) is 6.74. The van der Waals surface area contributed by atoms with E-state index in [1.54, 1.807) is 12.1 Å². The molecule has 0 bridgehead atoms. The molecule has 1 aromatic heterocycles. The number of aromatic nitrogens is 2. The van der Waals surface area contributed by atoms with Gasteiger partial charge in [-0.3, -0.25) is 4.79 Å². The molecule has 3 aromatic carbocycles. The lowest BCUT2D eigenvalue weighted by molar-refractivity contribution is -0.137. The number of amides is 1. The van der Waals surface area contributed by atoms with Gasteiger partial charge >= 0.3 is 0 Å². The van der Waals surface area contributed by atoms with Gasteiger partial charge < -0.3 is 20.3 Å². The van der Waals surface area contributed by atoms with Gasteiger partial charge in [0.2, 0.25) is 5.91 Å². The van der Waals surface area contributed by atoms with Crippen molar-refractivity contribution in [3.63, 3.8) is 0 Å². The van der Waals surface area contributed by atoms with Crippen LogP contribution in [0.1, 0.15) is 42.4 Å². The molecule has 0 saturated carbocycles. The van der Waals surface area contributed by atoms with E-state index in [0.717, 1.165) is 22.6 Å². The predicted octanol–water partition coefficient (Wildman–Crippen LogP) is 5.02. The summed E-state index contributed by atoms with van der Waals surface area (Å²) in [5, 5.41) is 13.2. The van der Waals surface area contributed by atoms with Crippen LogP contribution >= 0.6 is 0 Å². The molecule has 0 radical (unpaired) electrons. The van der Waals surface area contributed by atoms with E-state index in [0.29, 0.717) is 19.4 Å². The predicted molar refractivity (Wildman–Crippen MR) is 141 cm³/mol. The van der Waals surface area contributed by atoms with Crippen LogP contribution < -0.4 is 5.32 Å². The summed E-state index contributed by atoms with van der Waals surface area (Å²) in [7, 11) is 0.